The van der Waals surface area contributed by atoms with Gasteiger partial charge in [0.05, 0.1) is 18.8 Å². The van der Waals surface area contributed by atoms with Crippen molar-refractivity contribution in [2.24, 2.45) is 11.3 Å². The lowest BCUT2D eigenvalue weighted by atomic mass is 9.49. The zero-order valence-corrected chi connectivity index (χ0v) is 16.5. The molecule has 1 unspecified atom stereocenters. The highest BCUT2D eigenvalue weighted by Gasteiger charge is 2.57. The largest absolute Gasteiger partial charge is 0.507 e. The normalized spacial score (nSPS) is 30.1. The number of rotatable bonds is 2. The van der Waals surface area contributed by atoms with Crippen LogP contribution in [-0.2, 0) is 5.41 Å². The maximum absolute atomic E-state index is 13.0. The molecule has 3 atom stereocenters. The Kier molecular flexibility index (Phi) is 4.30. The van der Waals surface area contributed by atoms with Gasteiger partial charge in [0.25, 0.3) is 0 Å². The van der Waals surface area contributed by atoms with E-state index >= 15 is 0 Å². The predicted octanol–water partition coefficient (Wildman–Crippen LogP) is 3.87. The number of hydrogen-bond acceptors (Lipinski definition) is 5. The number of fused-ring (bicyclic) bond motifs is 3. The Balaban J connectivity index is 2.37. The minimum absolute atomic E-state index is 0.0447. The number of phenolic OH excluding ortho intramolecular Hbond substituents is 2. The third-order valence-electron chi connectivity index (χ3n) is 6.92. The lowest BCUT2D eigenvalue weighted by Gasteiger charge is -2.55. The Bertz CT molecular complexity index is 764. The number of ether oxygens (including phenoxy) is 1. The Hall–Kier alpha value is -1.75. The van der Waals surface area contributed by atoms with Gasteiger partial charge in [0.15, 0.2) is 17.3 Å². The molecule has 0 saturated heterocycles. The molecule has 26 heavy (non-hydrogen) atoms. The summed E-state index contributed by atoms with van der Waals surface area (Å²) in [5.41, 5.74) is 0.201. The van der Waals surface area contributed by atoms with Gasteiger partial charge in [-0.2, -0.15) is 0 Å². The van der Waals surface area contributed by atoms with E-state index in [1.54, 1.807) is 0 Å². The van der Waals surface area contributed by atoms with Gasteiger partial charge >= 0.3 is 0 Å². The van der Waals surface area contributed by atoms with Gasteiger partial charge in [0, 0.05) is 23.0 Å². The lowest BCUT2D eigenvalue weighted by Crippen LogP contribution is -2.55. The van der Waals surface area contributed by atoms with Crippen molar-refractivity contribution in [1.82, 2.24) is 0 Å². The topological polar surface area (TPSA) is 87.0 Å². The van der Waals surface area contributed by atoms with Crippen LogP contribution in [0, 0.1) is 11.3 Å². The number of methoxy groups -OCH3 is 1. The van der Waals surface area contributed by atoms with E-state index in [4.69, 9.17) is 4.74 Å². The summed E-state index contributed by atoms with van der Waals surface area (Å²) in [4.78, 5) is 13.0. The van der Waals surface area contributed by atoms with Gasteiger partial charge in [0.1, 0.15) is 5.75 Å². The molecule has 2 aliphatic carbocycles. The van der Waals surface area contributed by atoms with Crippen molar-refractivity contribution in [1.29, 1.82) is 0 Å². The van der Waals surface area contributed by atoms with Crippen LogP contribution < -0.4 is 4.74 Å². The van der Waals surface area contributed by atoms with Gasteiger partial charge in [-0.25, -0.2) is 0 Å². The Morgan fingerprint density at radius 2 is 1.77 bits per heavy atom. The van der Waals surface area contributed by atoms with E-state index < -0.39 is 16.9 Å². The van der Waals surface area contributed by atoms with E-state index in [1.165, 1.54) is 7.11 Å². The number of carbonyl (C=O) groups excluding carboxylic acids is 1. The standard InChI is InChI=1S/C21H30O5/c1-10(2)14-17(24)15-11(22)9-12-20(3,4)13(23)7-8-21(12,5)16(15)18(25)19(14)26-6/h10,12-13,23-25H,7-9H2,1-6H3/t12?,13-,21-/m0/s1. The van der Waals surface area contributed by atoms with Crippen LogP contribution in [0.5, 0.6) is 17.2 Å². The summed E-state index contributed by atoms with van der Waals surface area (Å²) in [6.45, 7) is 9.77. The Labute approximate surface area is 155 Å². The lowest BCUT2D eigenvalue weighted by molar-refractivity contribution is -0.0693. The molecule has 2 aliphatic rings. The second-order valence-electron chi connectivity index (χ2n) is 9.02. The predicted molar refractivity (Wildman–Crippen MR) is 99.2 cm³/mol. The molecule has 0 bridgehead atoms. The molecule has 5 heteroatoms. The summed E-state index contributed by atoms with van der Waals surface area (Å²) in [7, 11) is 1.46. The first-order valence-corrected chi connectivity index (χ1v) is 9.35. The zero-order chi connectivity index (χ0) is 19.6. The van der Waals surface area contributed by atoms with Crippen molar-refractivity contribution < 1.29 is 24.9 Å². The molecular weight excluding hydrogens is 332 g/mol. The van der Waals surface area contributed by atoms with Crippen LogP contribution in [0.4, 0.5) is 0 Å². The SMILES string of the molecule is COc1c(O)c2c(c(O)c1C(C)C)C(=O)CC1C(C)(C)[C@@H](O)CC[C@]21C. The zero-order valence-electron chi connectivity index (χ0n) is 16.5. The molecule has 1 saturated carbocycles. The number of hydrogen-bond donors (Lipinski definition) is 3. The molecule has 0 amide bonds. The highest BCUT2D eigenvalue weighted by atomic mass is 16.5. The number of phenols is 2. The van der Waals surface area contributed by atoms with Gasteiger partial charge in [-0.1, -0.05) is 34.6 Å². The summed E-state index contributed by atoms with van der Waals surface area (Å²) >= 11 is 0. The van der Waals surface area contributed by atoms with E-state index in [0.717, 1.165) is 0 Å². The molecule has 0 aromatic heterocycles. The fourth-order valence-corrected chi connectivity index (χ4v) is 5.40. The fraction of sp³-hybridized carbons (Fsp3) is 0.667. The molecule has 0 radical (unpaired) electrons. The van der Waals surface area contributed by atoms with E-state index in [9.17, 15) is 20.1 Å². The first-order chi connectivity index (χ1) is 12.0. The minimum Gasteiger partial charge on any atom is -0.507 e. The number of aromatic hydroxyl groups is 2. The third kappa shape index (κ3) is 2.29. The van der Waals surface area contributed by atoms with Crippen molar-refractivity contribution in [3.8, 4) is 17.2 Å². The maximum Gasteiger partial charge on any atom is 0.167 e. The third-order valence-corrected chi connectivity index (χ3v) is 6.92. The van der Waals surface area contributed by atoms with Gasteiger partial charge < -0.3 is 20.1 Å². The number of benzene rings is 1. The first-order valence-electron chi connectivity index (χ1n) is 9.35. The van der Waals surface area contributed by atoms with Crippen LogP contribution >= 0.6 is 0 Å². The van der Waals surface area contributed by atoms with E-state index in [2.05, 4.69) is 0 Å². The van der Waals surface area contributed by atoms with E-state index in [1.807, 2.05) is 34.6 Å². The molecule has 5 nitrogen and oxygen atoms in total. The van der Waals surface area contributed by atoms with Crippen LogP contribution in [0.2, 0.25) is 0 Å². The molecule has 1 fully saturated rings. The minimum atomic E-state index is -0.518. The number of aliphatic hydroxyl groups is 1. The van der Waals surface area contributed by atoms with Crippen LogP contribution in [-0.4, -0.2) is 34.3 Å². The highest BCUT2D eigenvalue weighted by molar-refractivity contribution is 6.04. The number of Topliss-reactive ketones (excluding diaryl/α,β-unsaturated/α-hetero) is 1. The summed E-state index contributed by atoms with van der Waals surface area (Å²) in [6, 6.07) is 0. The Morgan fingerprint density at radius 1 is 1.15 bits per heavy atom. The van der Waals surface area contributed by atoms with Crippen LogP contribution in [0.3, 0.4) is 0 Å². The molecule has 144 valence electrons. The molecule has 0 aliphatic heterocycles. The van der Waals surface area contributed by atoms with E-state index in [0.29, 0.717) is 24.0 Å². The van der Waals surface area contributed by atoms with Crippen LogP contribution in [0.25, 0.3) is 0 Å². The van der Waals surface area contributed by atoms with Crippen molar-refractivity contribution in [2.75, 3.05) is 7.11 Å². The monoisotopic (exact) mass is 362 g/mol. The quantitative estimate of drug-likeness (QED) is 0.695. The number of carbonyl (C=O) groups is 1. The summed E-state index contributed by atoms with van der Waals surface area (Å²) in [5.74, 6) is -0.283. The number of ketones is 1. The van der Waals surface area contributed by atoms with Crippen molar-refractivity contribution in [3.63, 3.8) is 0 Å². The average molecular weight is 362 g/mol. The van der Waals surface area contributed by atoms with Gasteiger partial charge in [0.2, 0.25) is 0 Å². The van der Waals surface area contributed by atoms with Crippen molar-refractivity contribution in [2.45, 2.75) is 71.3 Å². The molecule has 1 aromatic carbocycles. The fourth-order valence-electron chi connectivity index (χ4n) is 5.40. The van der Waals surface area contributed by atoms with E-state index in [-0.39, 0.29) is 46.9 Å². The van der Waals surface area contributed by atoms with Crippen LogP contribution in [0.1, 0.15) is 81.3 Å². The summed E-state index contributed by atoms with van der Waals surface area (Å²) in [6.07, 6.45) is 0.981. The van der Waals surface area contributed by atoms with Gasteiger partial charge in [-0.3, -0.25) is 4.79 Å². The molecule has 0 heterocycles. The average Bonchev–Trinajstić information content (AvgIpc) is 2.55. The molecular formula is C21H30O5. The van der Waals surface area contributed by atoms with Crippen molar-refractivity contribution >= 4 is 5.78 Å². The van der Waals surface area contributed by atoms with Crippen molar-refractivity contribution in [3.05, 3.63) is 16.7 Å². The molecule has 1 aromatic rings. The second-order valence-corrected chi connectivity index (χ2v) is 9.02. The Morgan fingerprint density at radius 3 is 2.31 bits per heavy atom. The molecule has 0 spiro atoms. The first kappa shape index (κ1) is 19.0. The molecule has 3 rings (SSSR count). The van der Waals surface area contributed by atoms with Gasteiger partial charge in [-0.15, -0.1) is 0 Å². The molecule has 3 N–H and O–H groups in total. The van der Waals surface area contributed by atoms with Gasteiger partial charge in [-0.05, 0) is 30.1 Å². The summed E-state index contributed by atoms with van der Waals surface area (Å²) < 4.78 is 5.45. The summed E-state index contributed by atoms with van der Waals surface area (Å²) in [5, 5.41) is 32.6. The number of aliphatic hydroxyl groups excluding tert-OH is 1. The van der Waals surface area contributed by atoms with Crippen LogP contribution in [0.15, 0.2) is 0 Å². The smallest absolute Gasteiger partial charge is 0.167 e. The highest BCUT2D eigenvalue weighted by Crippen LogP contribution is 2.62. The second kappa shape index (κ2) is 5.88. The maximum atomic E-state index is 13.0.